The highest BCUT2D eigenvalue weighted by Crippen LogP contribution is 2.28. The number of hydrogen-bond donors (Lipinski definition) is 2. The first-order valence-electron chi connectivity index (χ1n) is 7.51. The minimum Gasteiger partial charge on any atom is -0.482 e. The van der Waals surface area contributed by atoms with Gasteiger partial charge in [0.1, 0.15) is 11.5 Å². The Balaban J connectivity index is 1.52. The Kier molecular flexibility index (Phi) is 4.60. The van der Waals surface area contributed by atoms with Gasteiger partial charge in [-0.25, -0.2) is 0 Å². The van der Waals surface area contributed by atoms with Crippen molar-refractivity contribution >= 4 is 23.3 Å². The third-order valence-electron chi connectivity index (χ3n) is 3.55. The molecule has 2 aromatic rings. The third-order valence-corrected chi connectivity index (χ3v) is 3.55. The molecule has 2 amide bonds. The second-order valence-corrected chi connectivity index (χ2v) is 5.33. The van der Waals surface area contributed by atoms with Gasteiger partial charge in [0.2, 0.25) is 5.91 Å². The maximum atomic E-state index is 12.2. The summed E-state index contributed by atoms with van der Waals surface area (Å²) in [4.78, 5) is 35.3. The molecule has 2 heterocycles. The maximum Gasteiger partial charge on any atom is 0.262 e. The number of carbonyl (C=O) groups excluding carboxylic acids is 3. The molecule has 0 atom stereocenters. The van der Waals surface area contributed by atoms with Crippen molar-refractivity contribution in [2.75, 3.05) is 11.9 Å². The van der Waals surface area contributed by atoms with Crippen molar-refractivity contribution in [2.45, 2.75) is 19.4 Å². The molecule has 7 nitrogen and oxygen atoms in total. The van der Waals surface area contributed by atoms with Gasteiger partial charge in [-0.05, 0) is 30.3 Å². The topological polar surface area (TPSA) is 97.6 Å². The summed E-state index contributed by atoms with van der Waals surface area (Å²) in [6, 6.07) is 8.33. The molecule has 0 radical (unpaired) electrons. The maximum absolute atomic E-state index is 12.2. The van der Waals surface area contributed by atoms with Gasteiger partial charge in [0, 0.05) is 18.4 Å². The van der Waals surface area contributed by atoms with Gasteiger partial charge in [-0.15, -0.1) is 0 Å². The number of hydrogen-bond acceptors (Lipinski definition) is 5. The molecule has 2 N–H and O–H groups in total. The second-order valence-electron chi connectivity index (χ2n) is 5.33. The van der Waals surface area contributed by atoms with E-state index in [4.69, 9.17) is 9.15 Å². The van der Waals surface area contributed by atoms with Crippen molar-refractivity contribution in [1.29, 1.82) is 0 Å². The van der Waals surface area contributed by atoms with E-state index in [9.17, 15) is 14.4 Å². The second kappa shape index (κ2) is 6.99. The molecule has 124 valence electrons. The zero-order valence-electron chi connectivity index (χ0n) is 12.8. The number of ketones is 1. The van der Waals surface area contributed by atoms with E-state index in [-0.39, 0.29) is 37.0 Å². The van der Waals surface area contributed by atoms with E-state index < -0.39 is 0 Å². The Hall–Kier alpha value is -3.09. The fourth-order valence-electron chi connectivity index (χ4n) is 2.32. The van der Waals surface area contributed by atoms with Crippen LogP contribution in [0.15, 0.2) is 41.0 Å². The fraction of sp³-hybridized carbons (Fsp3) is 0.235. The van der Waals surface area contributed by atoms with E-state index in [1.165, 1.54) is 6.26 Å². The molecular weight excluding hydrogens is 312 g/mol. The van der Waals surface area contributed by atoms with Crippen molar-refractivity contribution in [3.63, 3.8) is 0 Å². The van der Waals surface area contributed by atoms with Gasteiger partial charge < -0.3 is 19.8 Å². The molecule has 3 rings (SSSR count). The Morgan fingerprint density at radius 3 is 2.88 bits per heavy atom. The highest BCUT2D eigenvalue weighted by molar-refractivity contribution is 6.01. The van der Waals surface area contributed by atoms with Crippen LogP contribution < -0.4 is 15.4 Å². The zero-order chi connectivity index (χ0) is 16.9. The van der Waals surface area contributed by atoms with E-state index in [2.05, 4.69) is 10.6 Å². The molecule has 0 fully saturated rings. The van der Waals surface area contributed by atoms with E-state index >= 15 is 0 Å². The van der Waals surface area contributed by atoms with E-state index in [1.54, 1.807) is 30.3 Å². The quantitative estimate of drug-likeness (QED) is 0.789. The monoisotopic (exact) mass is 328 g/mol. The zero-order valence-corrected chi connectivity index (χ0v) is 12.8. The molecule has 0 saturated carbocycles. The number of rotatable bonds is 6. The first kappa shape index (κ1) is 15.8. The first-order chi connectivity index (χ1) is 11.6. The number of Topliss-reactive ketones (excluding diaryl/α,β-unsaturated/α-hetero) is 1. The van der Waals surface area contributed by atoms with Crippen molar-refractivity contribution in [1.82, 2.24) is 5.32 Å². The number of furan rings is 1. The lowest BCUT2D eigenvalue weighted by Crippen LogP contribution is -2.25. The molecule has 1 aliphatic rings. The number of fused-ring (bicyclic) bond motifs is 1. The molecule has 1 aliphatic heterocycles. The lowest BCUT2D eigenvalue weighted by atomic mass is 10.0. The molecule has 0 unspecified atom stereocenters. The number of carbonyl (C=O) groups is 3. The van der Waals surface area contributed by atoms with Crippen LogP contribution in [0.5, 0.6) is 5.75 Å². The van der Waals surface area contributed by atoms with Crippen molar-refractivity contribution < 1.29 is 23.5 Å². The largest absolute Gasteiger partial charge is 0.482 e. The molecule has 0 aliphatic carbocycles. The van der Waals surface area contributed by atoms with Gasteiger partial charge in [-0.2, -0.15) is 0 Å². The predicted octanol–water partition coefficient (Wildman–Crippen LogP) is 1.89. The van der Waals surface area contributed by atoms with Crippen LogP contribution in [0.2, 0.25) is 0 Å². The van der Waals surface area contributed by atoms with Crippen molar-refractivity contribution in [3.8, 4) is 5.75 Å². The summed E-state index contributed by atoms with van der Waals surface area (Å²) in [6.45, 7) is 0.262. The Labute approximate surface area is 138 Å². The minimum atomic E-state index is -0.260. The van der Waals surface area contributed by atoms with Gasteiger partial charge in [0.25, 0.3) is 5.91 Å². The minimum absolute atomic E-state index is 0.0316. The smallest absolute Gasteiger partial charge is 0.262 e. The van der Waals surface area contributed by atoms with E-state index in [0.29, 0.717) is 29.3 Å². The summed E-state index contributed by atoms with van der Waals surface area (Å²) in [5.41, 5.74) is 0.901. The number of amides is 2. The molecule has 24 heavy (non-hydrogen) atoms. The number of nitrogens with one attached hydrogen (secondary N) is 2. The first-order valence-corrected chi connectivity index (χ1v) is 7.51. The van der Waals surface area contributed by atoms with Crippen molar-refractivity contribution in [2.24, 2.45) is 0 Å². The van der Waals surface area contributed by atoms with Crippen molar-refractivity contribution in [3.05, 3.63) is 47.9 Å². The lowest BCUT2D eigenvalue weighted by Gasteiger charge is -2.18. The van der Waals surface area contributed by atoms with Gasteiger partial charge >= 0.3 is 0 Å². The Morgan fingerprint density at radius 1 is 1.21 bits per heavy atom. The Morgan fingerprint density at radius 2 is 2.08 bits per heavy atom. The molecule has 1 aromatic carbocycles. The highest BCUT2D eigenvalue weighted by Gasteiger charge is 2.18. The number of anilines is 1. The number of ether oxygens (including phenoxy) is 1. The normalized spacial score (nSPS) is 12.8. The van der Waals surface area contributed by atoms with Crippen LogP contribution in [0.4, 0.5) is 5.69 Å². The molecular formula is C17H16N2O5. The molecule has 0 saturated heterocycles. The van der Waals surface area contributed by atoms with Crippen LogP contribution in [-0.2, 0) is 16.1 Å². The number of benzene rings is 1. The predicted molar refractivity (Wildman–Crippen MR) is 84.7 cm³/mol. The van der Waals surface area contributed by atoms with Crippen LogP contribution >= 0.6 is 0 Å². The molecule has 7 heteroatoms. The van der Waals surface area contributed by atoms with E-state index in [1.807, 2.05) is 0 Å². The van der Waals surface area contributed by atoms with Gasteiger partial charge in [0.05, 0.1) is 18.5 Å². The van der Waals surface area contributed by atoms with Crippen LogP contribution in [0.3, 0.4) is 0 Å². The average molecular weight is 328 g/mol. The average Bonchev–Trinajstić information content (AvgIpc) is 3.10. The SMILES string of the molecule is O=C(CCC(=O)c1ccc2c(c1)NC(=O)CO2)NCc1ccco1. The van der Waals surface area contributed by atoms with Gasteiger partial charge in [-0.3, -0.25) is 14.4 Å². The van der Waals surface area contributed by atoms with Crippen LogP contribution in [0.1, 0.15) is 29.0 Å². The van der Waals surface area contributed by atoms with Gasteiger partial charge in [-0.1, -0.05) is 0 Å². The van der Waals surface area contributed by atoms with Gasteiger partial charge in [0.15, 0.2) is 12.4 Å². The summed E-state index contributed by atoms with van der Waals surface area (Å²) >= 11 is 0. The fourth-order valence-corrected chi connectivity index (χ4v) is 2.32. The third kappa shape index (κ3) is 3.81. The standard InChI is InChI=1S/C17H16N2O5/c20-14(4-6-16(21)18-9-12-2-1-7-23-12)11-3-5-15-13(8-11)19-17(22)10-24-15/h1-3,5,7-8H,4,6,9-10H2,(H,18,21)(H,19,22). The molecule has 0 spiro atoms. The lowest BCUT2D eigenvalue weighted by molar-refractivity contribution is -0.121. The Bertz CT molecular complexity index is 767. The summed E-state index contributed by atoms with van der Waals surface area (Å²) in [6.07, 6.45) is 1.70. The van der Waals surface area contributed by atoms with E-state index in [0.717, 1.165) is 0 Å². The summed E-state index contributed by atoms with van der Waals surface area (Å²) in [5.74, 6) is 0.520. The molecule has 1 aromatic heterocycles. The van der Waals surface area contributed by atoms with Crippen LogP contribution in [0, 0.1) is 0 Å². The summed E-state index contributed by atoms with van der Waals surface area (Å²) in [5, 5.41) is 5.34. The summed E-state index contributed by atoms with van der Waals surface area (Å²) in [7, 11) is 0. The van der Waals surface area contributed by atoms with Crippen LogP contribution in [-0.4, -0.2) is 24.2 Å². The summed E-state index contributed by atoms with van der Waals surface area (Å²) < 4.78 is 10.4. The highest BCUT2D eigenvalue weighted by atomic mass is 16.5. The molecule has 0 bridgehead atoms. The van der Waals surface area contributed by atoms with Crippen LogP contribution in [0.25, 0.3) is 0 Å².